The molecule has 1 atom stereocenters. The van der Waals surface area contributed by atoms with Gasteiger partial charge in [-0.05, 0) is 32.5 Å². The van der Waals surface area contributed by atoms with E-state index in [0.29, 0.717) is 19.5 Å². The fraction of sp³-hybridized carbons (Fsp3) is 1.00. The molecule has 0 aromatic rings. The Bertz CT molecular complexity index is 136. The molecule has 1 unspecified atom stereocenters. The molecule has 0 aliphatic carbocycles. The lowest BCUT2D eigenvalue weighted by atomic mass is 10.1. The van der Waals surface area contributed by atoms with Gasteiger partial charge in [0.05, 0.1) is 6.54 Å². The first-order chi connectivity index (χ1) is 5.85. The Morgan fingerprint density at radius 2 is 1.92 bits per heavy atom. The Morgan fingerprint density at radius 1 is 1.38 bits per heavy atom. The van der Waals surface area contributed by atoms with E-state index in [-0.39, 0.29) is 5.92 Å². The maximum Gasteiger partial charge on any atom is 0.401 e. The third-order valence-corrected chi connectivity index (χ3v) is 1.86. The van der Waals surface area contributed by atoms with Crippen LogP contribution in [0.4, 0.5) is 13.2 Å². The summed E-state index contributed by atoms with van der Waals surface area (Å²) in [5.41, 5.74) is 5.34. The Balaban J connectivity index is 3.57. The molecule has 0 aromatic heterocycles. The minimum absolute atomic E-state index is 0.288. The van der Waals surface area contributed by atoms with Crippen LogP contribution < -0.4 is 5.73 Å². The second-order valence-electron chi connectivity index (χ2n) is 3.48. The molecule has 2 N–H and O–H groups in total. The molecule has 0 rings (SSSR count). The second-order valence-corrected chi connectivity index (χ2v) is 3.48. The zero-order chi connectivity index (χ0) is 10.5. The van der Waals surface area contributed by atoms with Crippen LogP contribution in [-0.4, -0.2) is 37.8 Å². The molecule has 5 heteroatoms. The molecular weight excluding hydrogens is 181 g/mol. The van der Waals surface area contributed by atoms with Crippen LogP contribution in [0.5, 0.6) is 0 Å². The molecule has 2 nitrogen and oxygen atoms in total. The van der Waals surface area contributed by atoms with Gasteiger partial charge in [0.15, 0.2) is 0 Å². The summed E-state index contributed by atoms with van der Waals surface area (Å²) in [6.45, 7) is 2.06. The highest BCUT2D eigenvalue weighted by atomic mass is 19.4. The molecule has 13 heavy (non-hydrogen) atoms. The number of alkyl halides is 3. The van der Waals surface area contributed by atoms with E-state index in [2.05, 4.69) is 0 Å². The number of hydrogen-bond acceptors (Lipinski definition) is 2. The summed E-state index contributed by atoms with van der Waals surface area (Å²) in [6.07, 6.45) is -3.39. The molecule has 80 valence electrons. The van der Waals surface area contributed by atoms with Gasteiger partial charge in [-0.2, -0.15) is 13.2 Å². The summed E-state index contributed by atoms with van der Waals surface area (Å²) >= 11 is 0. The largest absolute Gasteiger partial charge is 0.401 e. The average Bonchev–Trinajstić information content (AvgIpc) is 1.97. The van der Waals surface area contributed by atoms with Gasteiger partial charge < -0.3 is 5.73 Å². The van der Waals surface area contributed by atoms with Crippen LogP contribution in [0, 0.1) is 5.92 Å². The van der Waals surface area contributed by atoms with E-state index in [1.165, 1.54) is 11.9 Å². The van der Waals surface area contributed by atoms with Crippen LogP contribution in [0.25, 0.3) is 0 Å². The Hall–Kier alpha value is -0.290. The zero-order valence-electron chi connectivity index (χ0n) is 8.06. The fourth-order valence-electron chi connectivity index (χ4n) is 0.944. The smallest absolute Gasteiger partial charge is 0.330 e. The Labute approximate surface area is 76.9 Å². The van der Waals surface area contributed by atoms with Crippen LogP contribution in [0.3, 0.4) is 0 Å². The predicted molar refractivity (Wildman–Crippen MR) is 46.4 cm³/mol. The molecule has 0 saturated heterocycles. The Kier molecular flexibility index (Phi) is 5.32. The molecule has 0 heterocycles. The first-order valence-electron chi connectivity index (χ1n) is 4.30. The lowest BCUT2D eigenvalue weighted by Gasteiger charge is -2.19. The van der Waals surface area contributed by atoms with Crippen LogP contribution in [0.15, 0.2) is 0 Å². The SMILES string of the molecule is CC(CN)CCN(C)CC(F)(F)F. The van der Waals surface area contributed by atoms with Gasteiger partial charge in [0, 0.05) is 0 Å². The number of halogens is 3. The number of rotatable bonds is 5. The van der Waals surface area contributed by atoms with Gasteiger partial charge in [-0.1, -0.05) is 6.92 Å². The summed E-state index contributed by atoms with van der Waals surface area (Å²) in [5, 5.41) is 0. The van der Waals surface area contributed by atoms with E-state index < -0.39 is 12.7 Å². The van der Waals surface area contributed by atoms with Gasteiger partial charge in [0.2, 0.25) is 0 Å². The molecule has 0 aliphatic rings. The van der Waals surface area contributed by atoms with E-state index in [0.717, 1.165) is 0 Å². The molecule has 0 saturated carbocycles. The molecule has 0 bridgehead atoms. The van der Waals surface area contributed by atoms with Crippen molar-refractivity contribution in [2.45, 2.75) is 19.5 Å². The number of hydrogen-bond donors (Lipinski definition) is 1. The highest BCUT2D eigenvalue weighted by Crippen LogP contribution is 2.15. The summed E-state index contributed by atoms with van der Waals surface area (Å²) in [4.78, 5) is 1.27. The topological polar surface area (TPSA) is 29.3 Å². The van der Waals surface area contributed by atoms with Crippen LogP contribution >= 0.6 is 0 Å². The number of nitrogens with zero attached hydrogens (tertiary/aromatic N) is 1. The van der Waals surface area contributed by atoms with E-state index in [1.807, 2.05) is 6.92 Å². The van der Waals surface area contributed by atoms with Gasteiger partial charge >= 0.3 is 6.18 Å². The van der Waals surface area contributed by atoms with Crippen molar-refractivity contribution in [1.29, 1.82) is 0 Å². The minimum atomic E-state index is -4.10. The third-order valence-electron chi connectivity index (χ3n) is 1.86. The van der Waals surface area contributed by atoms with E-state index in [1.54, 1.807) is 0 Å². The van der Waals surface area contributed by atoms with E-state index in [9.17, 15) is 13.2 Å². The van der Waals surface area contributed by atoms with Gasteiger partial charge in [-0.3, -0.25) is 4.90 Å². The molecule has 0 aromatic carbocycles. The highest BCUT2D eigenvalue weighted by Gasteiger charge is 2.28. The van der Waals surface area contributed by atoms with Gasteiger partial charge in [-0.15, -0.1) is 0 Å². The lowest BCUT2D eigenvalue weighted by molar-refractivity contribution is -0.143. The van der Waals surface area contributed by atoms with Crippen molar-refractivity contribution in [3.63, 3.8) is 0 Å². The molecule has 0 fully saturated rings. The standard InChI is InChI=1S/C8H17F3N2/c1-7(5-12)3-4-13(2)6-8(9,10)11/h7H,3-6,12H2,1-2H3. The quantitative estimate of drug-likeness (QED) is 0.724. The monoisotopic (exact) mass is 198 g/mol. The van der Waals surface area contributed by atoms with Crippen LogP contribution in [0.2, 0.25) is 0 Å². The molecule has 0 aliphatic heterocycles. The molecule has 0 amide bonds. The normalized spacial score (nSPS) is 15.0. The summed E-state index contributed by atoms with van der Waals surface area (Å²) in [5.74, 6) is 0.288. The van der Waals surface area contributed by atoms with Gasteiger partial charge in [0.25, 0.3) is 0 Å². The fourth-order valence-corrected chi connectivity index (χ4v) is 0.944. The molecule has 0 radical (unpaired) electrons. The zero-order valence-corrected chi connectivity index (χ0v) is 8.06. The summed E-state index contributed by atoms with van der Waals surface area (Å²) < 4.78 is 35.5. The maximum absolute atomic E-state index is 11.8. The lowest BCUT2D eigenvalue weighted by Crippen LogP contribution is -2.32. The van der Waals surface area contributed by atoms with Crippen molar-refractivity contribution < 1.29 is 13.2 Å². The van der Waals surface area contributed by atoms with Crippen molar-refractivity contribution in [1.82, 2.24) is 4.90 Å². The molecular formula is C8H17F3N2. The van der Waals surface area contributed by atoms with E-state index in [4.69, 9.17) is 5.73 Å². The van der Waals surface area contributed by atoms with Crippen LogP contribution in [0.1, 0.15) is 13.3 Å². The van der Waals surface area contributed by atoms with E-state index >= 15 is 0 Å². The number of nitrogens with two attached hydrogens (primary N) is 1. The van der Waals surface area contributed by atoms with Crippen LogP contribution in [-0.2, 0) is 0 Å². The first-order valence-corrected chi connectivity index (χ1v) is 4.30. The first kappa shape index (κ1) is 12.7. The summed E-state index contributed by atoms with van der Waals surface area (Å²) in [7, 11) is 1.47. The average molecular weight is 198 g/mol. The molecule has 0 spiro atoms. The third kappa shape index (κ3) is 8.05. The van der Waals surface area contributed by atoms with Gasteiger partial charge in [-0.25, -0.2) is 0 Å². The summed E-state index contributed by atoms with van der Waals surface area (Å²) in [6, 6.07) is 0. The van der Waals surface area contributed by atoms with Crippen molar-refractivity contribution in [2.24, 2.45) is 11.7 Å². The Morgan fingerprint density at radius 3 is 2.31 bits per heavy atom. The maximum atomic E-state index is 11.8. The van der Waals surface area contributed by atoms with Crippen molar-refractivity contribution >= 4 is 0 Å². The van der Waals surface area contributed by atoms with Crippen molar-refractivity contribution in [2.75, 3.05) is 26.7 Å². The van der Waals surface area contributed by atoms with Crippen molar-refractivity contribution in [3.8, 4) is 0 Å². The predicted octanol–water partition coefficient (Wildman–Crippen LogP) is 1.47. The van der Waals surface area contributed by atoms with Gasteiger partial charge in [0.1, 0.15) is 0 Å². The van der Waals surface area contributed by atoms with Crippen molar-refractivity contribution in [3.05, 3.63) is 0 Å². The second kappa shape index (κ2) is 5.44. The minimum Gasteiger partial charge on any atom is -0.330 e. The highest BCUT2D eigenvalue weighted by molar-refractivity contribution is 4.61.